The molecule has 0 amide bonds. The van der Waals surface area contributed by atoms with Gasteiger partial charge in [0.25, 0.3) is 0 Å². The molecular weight excluding hydrogens is 244 g/mol. The summed E-state index contributed by atoms with van der Waals surface area (Å²) in [7, 11) is 0. The topological polar surface area (TPSA) is 52.6 Å². The number of carbonyl (C=O) groups is 2. The van der Waals surface area contributed by atoms with Gasteiger partial charge in [0, 0.05) is 12.2 Å². The van der Waals surface area contributed by atoms with E-state index in [1.165, 1.54) is 6.92 Å². The van der Waals surface area contributed by atoms with E-state index in [-0.39, 0.29) is 24.0 Å². The van der Waals surface area contributed by atoms with Crippen molar-refractivity contribution >= 4 is 11.8 Å². The summed E-state index contributed by atoms with van der Waals surface area (Å²) >= 11 is 0. The minimum atomic E-state index is -0.383. The lowest BCUT2D eigenvalue weighted by atomic mass is 10.0. The average Bonchev–Trinajstić information content (AvgIpc) is 2.83. The summed E-state index contributed by atoms with van der Waals surface area (Å²) in [5.74, 6) is -0.404. The van der Waals surface area contributed by atoms with E-state index in [9.17, 15) is 9.59 Å². The smallest absolute Gasteiger partial charge is 0.338 e. The van der Waals surface area contributed by atoms with E-state index >= 15 is 0 Å². The molecule has 1 heterocycles. The van der Waals surface area contributed by atoms with Gasteiger partial charge in [-0.2, -0.15) is 0 Å². The molecule has 1 atom stereocenters. The standard InChI is InChI=1S/C15H18O4/c1-11(16)12-4-6-13(7-5-12)14(17)18-10-15(2)8-3-9-19-15/h4-7H,3,8-10H2,1-2H3. The summed E-state index contributed by atoms with van der Waals surface area (Å²) in [6.45, 7) is 4.43. The Morgan fingerprint density at radius 2 is 1.89 bits per heavy atom. The minimum Gasteiger partial charge on any atom is -0.459 e. The van der Waals surface area contributed by atoms with Crippen molar-refractivity contribution in [1.29, 1.82) is 0 Å². The Kier molecular flexibility index (Phi) is 4.00. The zero-order chi connectivity index (χ0) is 13.9. The van der Waals surface area contributed by atoms with Crippen molar-refractivity contribution in [2.24, 2.45) is 0 Å². The number of Topliss-reactive ketones (excluding diaryl/α,β-unsaturated/α-hetero) is 1. The molecule has 1 aliphatic rings. The summed E-state index contributed by atoms with van der Waals surface area (Å²) in [5, 5.41) is 0. The molecule has 2 rings (SSSR count). The van der Waals surface area contributed by atoms with Crippen LogP contribution in [0.1, 0.15) is 47.4 Å². The third-order valence-corrected chi connectivity index (χ3v) is 3.34. The maximum Gasteiger partial charge on any atom is 0.338 e. The quantitative estimate of drug-likeness (QED) is 0.618. The van der Waals surface area contributed by atoms with E-state index in [0.717, 1.165) is 19.4 Å². The molecule has 1 aromatic carbocycles. The van der Waals surface area contributed by atoms with Crippen LogP contribution in [0, 0.1) is 0 Å². The van der Waals surface area contributed by atoms with Crippen molar-refractivity contribution in [3.8, 4) is 0 Å². The molecule has 0 radical (unpaired) electrons. The van der Waals surface area contributed by atoms with Gasteiger partial charge in [0.05, 0.1) is 11.2 Å². The van der Waals surface area contributed by atoms with Crippen LogP contribution in [0.2, 0.25) is 0 Å². The molecule has 0 spiro atoms. The Bertz CT molecular complexity index is 469. The summed E-state index contributed by atoms with van der Waals surface area (Å²) in [6.07, 6.45) is 1.91. The van der Waals surface area contributed by atoms with Crippen LogP contribution in [0.4, 0.5) is 0 Å². The summed E-state index contributed by atoms with van der Waals surface area (Å²) < 4.78 is 10.8. The molecule has 102 valence electrons. The van der Waals surface area contributed by atoms with Crippen LogP contribution >= 0.6 is 0 Å². The van der Waals surface area contributed by atoms with Crippen LogP contribution in [-0.4, -0.2) is 30.6 Å². The van der Waals surface area contributed by atoms with E-state index in [2.05, 4.69) is 0 Å². The highest BCUT2D eigenvalue weighted by molar-refractivity contribution is 5.96. The number of hydrogen-bond donors (Lipinski definition) is 0. The number of hydrogen-bond acceptors (Lipinski definition) is 4. The van der Waals surface area contributed by atoms with Gasteiger partial charge in [-0.1, -0.05) is 12.1 Å². The minimum absolute atomic E-state index is 0.0215. The Hall–Kier alpha value is -1.68. The Balaban J connectivity index is 1.94. The highest BCUT2D eigenvalue weighted by atomic mass is 16.6. The second-order valence-corrected chi connectivity index (χ2v) is 5.11. The number of ether oxygens (including phenoxy) is 2. The molecule has 1 fully saturated rings. The van der Waals surface area contributed by atoms with Crippen LogP contribution in [0.5, 0.6) is 0 Å². The van der Waals surface area contributed by atoms with E-state index in [1.807, 2.05) is 6.92 Å². The first kappa shape index (κ1) is 13.7. The maximum absolute atomic E-state index is 11.9. The molecule has 1 unspecified atom stereocenters. The fourth-order valence-corrected chi connectivity index (χ4v) is 2.09. The number of carbonyl (C=O) groups excluding carboxylic acids is 2. The van der Waals surface area contributed by atoms with Gasteiger partial charge < -0.3 is 9.47 Å². The highest BCUT2D eigenvalue weighted by Gasteiger charge is 2.31. The van der Waals surface area contributed by atoms with E-state index in [0.29, 0.717) is 11.1 Å². The van der Waals surface area contributed by atoms with Crippen LogP contribution in [0.15, 0.2) is 24.3 Å². The average molecular weight is 262 g/mol. The van der Waals surface area contributed by atoms with Gasteiger partial charge in [-0.05, 0) is 38.8 Å². The molecule has 0 saturated carbocycles. The van der Waals surface area contributed by atoms with E-state index in [1.54, 1.807) is 24.3 Å². The second-order valence-electron chi connectivity index (χ2n) is 5.11. The van der Waals surface area contributed by atoms with Crippen molar-refractivity contribution in [3.63, 3.8) is 0 Å². The van der Waals surface area contributed by atoms with Crippen LogP contribution < -0.4 is 0 Å². The fraction of sp³-hybridized carbons (Fsp3) is 0.467. The molecule has 0 aromatic heterocycles. The molecule has 0 aliphatic carbocycles. The van der Waals surface area contributed by atoms with Gasteiger partial charge in [-0.3, -0.25) is 4.79 Å². The zero-order valence-electron chi connectivity index (χ0n) is 11.3. The Morgan fingerprint density at radius 1 is 1.26 bits per heavy atom. The predicted molar refractivity (Wildman–Crippen MR) is 70.3 cm³/mol. The molecule has 0 bridgehead atoms. The lowest BCUT2D eigenvalue weighted by molar-refractivity contribution is -0.0378. The molecule has 4 nitrogen and oxygen atoms in total. The zero-order valence-corrected chi connectivity index (χ0v) is 11.3. The molecule has 19 heavy (non-hydrogen) atoms. The molecule has 4 heteroatoms. The Morgan fingerprint density at radius 3 is 2.42 bits per heavy atom. The lowest BCUT2D eigenvalue weighted by Gasteiger charge is -2.22. The van der Waals surface area contributed by atoms with Gasteiger partial charge in [-0.25, -0.2) is 4.79 Å². The third-order valence-electron chi connectivity index (χ3n) is 3.34. The normalized spacial score (nSPS) is 22.2. The Labute approximate surface area is 112 Å². The van der Waals surface area contributed by atoms with E-state index < -0.39 is 0 Å². The van der Waals surface area contributed by atoms with Crippen molar-refractivity contribution in [1.82, 2.24) is 0 Å². The highest BCUT2D eigenvalue weighted by Crippen LogP contribution is 2.25. The number of esters is 1. The van der Waals surface area contributed by atoms with Gasteiger partial charge >= 0.3 is 5.97 Å². The predicted octanol–water partition coefficient (Wildman–Crippen LogP) is 2.62. The van der Waals surface area contributed by atoms with Gasteiger partial charge in [0.15, 0.2) is 5.78 Å². The van der Waals surface area contributed by atoms with Gasteiger partial charge in [0.2, 0.25) is 0 Å². The maximum atomic E-state index is 11.9. The first-order valence-electron chi connectivity index (χ1n) is 6.42. The van der Waals surface area contributed by atoms with Crippen LogP contribution in [0.25, 0.3) is 0 Å². The molecular formula is C15H18O4. The van der Waals surface area contributed by atoms with Gasteiger partial charge in [-0.15, -0.1) is 0 Å². The first-order chi connectivity index (χ1) is 9.00. The summed E-state index contributed by atoms with van der Waals surface area (Å²) in [6, 6.07) is 6.48. The van der Waals surface area contributed by atoms with E-state index in [4.69, 9.17) is 9.47 Å². The number of ketones is 1. The molecule has 0 N–H and O–H groups in total. The van der Waals surface area contributed by atoms with Crippen molar-refractivity contribution in [3.05, 3.63) is 35.4 Å². The molecule has 1 saturated heterocycles. The van der Waals surface area contributed by atoms with Crippen LogP contribution in [0.3, 0.4) is 0 Å². The lowest BCUT2D eigenvalue weighted by Crippen LogP contribution is -2.31. The SMILES string of the molecule is CC(=O)c1ccc(C(=O)OCC2(C)CCCO2)cc1. The fourth-order valence-electron chi connectivity index (χ4n) is 2.09. The largest absolute Gasteiger partial charge is 0.459 e. The van der Waals surface area contributed by atoms with Crippen LogP contribution in [-0.2, 0) is 9.47 Å². The van der Waals surface area contributed by atoms with Crippen molar-refractivity contribution < 1.29 is 19.1 Å². The van der Waals surface area contributed by atoms with Crippen molar-refractivity contribution in [2.45, 2.75) is 32.3 Å². The monoisotopic (exact) mass is 262 g/mol. The van der Waals surface area contributed by atoms with Crippen molar-refractivity contribution in [2.75, 3.05) is 13.2 Å². The number of benzene rings is 1. The first-order valence-corrected chi connectivity index (χ1v) is 6.42. The number of rotatable bonds is 4. The summed E-state index contributed by atoms with van der Waals surface area (Å²) in [4.78, 5) is 23.0. The third kappa shape index (κ3) is 3.41. The molecule has 1 aliphatic heterocycles. The second kappa shape index (κ2) is 5.53. The van der Waals surface area contributed by atoms with Gasteiger partial charge in [0.1, 0.15) is 6.61 Å². The molecule has 1 aromatic rings. The summed E-state index contributed by atoms with van der Waals surface area (Å²) in [5.41, 5.74) is 0.684.